The lowest BCUT2D eigenvalue weighted by Crippen LogP contribution is -2.25. The molecule has 0 aliphatic rings. The van der Waals surface area contributed by atoms with Crippen LogP contribution >= 0.6 is 0 Å². The van der Waals surface area contributed by atoms with Crippen molar-refractivity contribution < 1.29 is 4.74 Å². The number of nitrogens with zero attached hydrogens (tertiary/aromatic N) is 1. The summed E-state index contributed by atoms with van der Waals surface area (Å²) in [7, 11) is 5.75. The maximum atomic E-state index is 4.90. The van der Waals surface area contributed by atoms with Gasteiger partial charge in [0, 0.05) is 19.8 Å². The molecule has 0 rings (SSSR count). The topological polar surface area (TPSA) is 12.5 Å². The third-order valence-electron chi connectivity index (χ3n) is 1.39. The van der Waals surface area contributed by atoms with Crippen LogP contribution in [0.1, 0.15) is 6.42 Å². The Hall–Kier alpha value is -0.0800. The second-order valence-corrected chi connectivity index (χ2v) is 2.40. The van der Waals surface area contributed by atoms with Crippen molar-refractivity contribution in [1.29, 1.82) is 0 Å². The summed E-state index contributed by atoms with van der Waals surface area (Å²) in [4.78, 5) is 2.08. The van der Waals surface area contributed by atoms with E-state index in [4.69, 9.17) is 4.74 Å². The number of rotatable bonds is 4. The van der Waals surface area contributed by atoms with Crippen LogP contribution in [0.4, 0.5) is 0 Å². The van der Waals surface area contributed by atoms with Crippen molar-refractivity contribution in [3.63, 3.8) is 0 Å². The minimum absolute atomic E-state index is 0.380. The minimum Gasteiger partial charge on any atom is -0.385 e. The summed E-state index contributed by atoms with van der Waals surface area (Å²) in [5.41, 5.74) is 0. The molecular formula is C7H16NO. The fraction of sp³-hybridized carbons (Fsp3) is 0.857. The fourth-order valence-electron chi connectivity index (χ4n) is 0.512. The lowest BCUT2D eigenvalue weighted by Gasteiger charge is -2.18. The fourth-order valence-corrected chi connectivity index (χ4v) is 0.512. The zero-order valence-electron chi connectivity index (χ0n) is 6.55. The molecule has 2 nitrogen and oxygen atoms in total. The Labute approximate surface area is 57.8 Å². The maximum Gasteiger partial charge on any atom is 0.0477 e. The second kappa shape index (κ2) is 4.77. The smallest absolute Gasteiger partial charge is 0.0477 e. The van der Waals surface area contributed by atoms with E-state index in [2.05, 4.69) is 11.8 Å². The molecule has 0 aliphatic carbocycles. The first kappa shape index (κ1) is 8.92. The first-order chi connectivity index (χ1) is 4.18. The van der Waals surface area contributed by atoms with Crippen LogP contribution in [-0.2, 0) is 4.74 Å². The second-order valence-electron chi connectivity index (χ2n) is 2.40. The van der Waals surface area contributed by atoms with Gasteiger partial charge in [0.05, 0.1) is 0 Å². The average molecular weight is 130 g/mol. The highest BCUT2D eigenvalue weighted by molar-refractivity contribution is 4.66. The molecule has 0 aromatic rings. The quantitative estimate of drug-likeness (QED) is 0.558. The van der Waals surface area contributed by atoms with Crippen LogP contribution in [0.15, 0.2) is 0 Å². The molecule has 1 unspecified atom stereocenters. The van der Waals surface area contributed by atoms with E-state index < -0.39 is 0 Å². The van der Waals surface area contributed by atoms with Gasteiger partial charge in [-0.3, -0.25) is 0 Å². The highest BCUT2D eigenvalue weighted by atomic mass is 16.5. The van der Waals surface area contributed by atoms with E-state index in [9.17, 15) is 0 Å². The van der Waals surface area contributed by atoms with E-state index in [-0.39, 0.29) is 0 Å². The van der Waals surface area contributed by atoms with Gasteiger partial charge in [-0.1, -0.05) is 0 Å². The molecule has 0 N–H and O–H groups in total. The number of hydrogen-bond acceptors (Lipinski definition) is 2. The lowest BCUT2D eigenvalue weighted by atomic mass is 10.2. The van der Waals surface area contributed by atoms with Crippen molar-refractivity contribution in [2.75, 3.05) is 27.8 Å². The van der Waals surface area contributed by atoms with Gasteiger partial charge in [-0.15, -0.1) is 0 Å². The molecule has 9 heavy (non-hydrogen) atoms. The van der Waals surface area contributed by atoms with Gasteiger partial charge in [0.2, 0.25) is 0 Å². The van der Waals surface area contributed by atoms with Gasteiger partial charge in [0.1, 0.15) is 0 Å². The first-order valence-electron chi connectivity index (χ1n) is 3.17. The van der Waals surface area contributed by atoms with Crippen molar-refractivity contribution in [3.8, 4) is 0 Å². The Balaban J connectivity index is 3.16. The van der Waals surface area contributed by atoms with Crippen molar-refractivity contribution in [2.45, 2.75) is 12.5 Å². The Bertz CT molecular complexity index is 63.9. The Morgan fingerprint density at radius 3 is 2.44 bits per heavy atom. The van der Waals surface area contributed by atoms with Crippen LogP contribution in [0.2, 0.25) is 0 Å². The third kappa shape index (κ3) is 4.43. The van der Waals surface area contributed by atoms with Crippen LogP contribution in [-0.4, -0.2) is 38.8 Å². The molecule has 0 saturated heterocycles. The van der Waals surface area contributed by atoms with Crippen molar-refractivity contribution in [3.05, 3.63) is 6.92 Å². The van der Waals surface area contributed by atoms with Crippen LogP contribution in [0.3, 0.4) is 0 Å². The Kier molecular flexibility index (Phi) is 4.72. The summed E-state index contributed by atoms with van der Waals surface area (Å²) in [6, 6.07) is 0.380. The van der Waals surface area contributed by atoms with Gasteiger partial charge in [-0.2, -0.15) is 0 Å². The van der Waals surface area contributed by atoms with Gasteiger partial charge in [-0.25, -0.2) is 0 Å². The molecule has 1 radical (unpaired) electrons. The van der Waals surface area contributed by atoms with E-state index in [1.807, 2.05) is 14.1 Å². The van der Waals surface area contributed by atoms with Gasteiger partial charge in [0.25, 0.3) is 0 Å². The van der Waals surface area contributed by atoms with Crippen molar-refractivity contribution >= 4 is 0 Å². The van der Waals surface area contributed by atoms with Gasteiger partial charge >= 0.3 is 0 Å². The van der Waals surface area contributed by atoms with Crippen LogP contribution in [0.25, 0.3) is 0 Å². The molecule has 55 valence electrons. The molecule has 2 heteroatoms. The standard InChI is InChI=1S/C7H16NO/c1-7(8(2)3)5-6-9-4/h7H,1,5-6H2,2-4H3. The molecule has 0 aromatic heterocycles. The molecule has 0 fully saturated rings. The summed E-state index contributed by atoms with van der Waals surface area (Å²) in [6.07, 6.45) is 1.00. The number of hydrogen-bond donors (Lipinski definition) is 0. The number of methoxy groups -OCH3 is 1. The molecule has 0 spiro atoms. The van der Waals surface area contributed by atoms with Crippen LogP contribution in [0, 0.1) is 6.92 Å². The Morgan fingerprint density at radius 2 is 2.11 bits per heavy atom. The molecular weight excluding hydrogens is 114 g/mol. The van der Waals surface area contributed by atoms with E-state index in [1.165, 1.54) is 0 Å². The van der Waals surface area contributed by atoms with Gasteiger partial charge < -0.3 is 9.64 Å². The largest absolute Gasteiger partial charge is 0.385 e. The molecule has 0 bridgehead atoms. The Morgan fingerprint density at radius 1 is 1.56 bits per heavy atom. The van der Waals surface area contributed by atoms with E-state index in [1.54, 1.807) is 7.11 Å². The highest BCUT2D eigenvalue weighted by Crippen LogP contribution is 1.95. The van der Waals surface area contributed by atoms with E-state index in [0.717, 1.165) is 13.0 Å². The minimum atomic E-state index is 0.380. The summed E-state index contributed by atoms with van der Waals surface area (Å²) >= 11 is 0. The molecule has 0 amide bonds. The SMILES string of the molecule is [CH2]C(CCOC)N(C)C. The summed E-state index contributed by atoms with van der Waals surface area (Å²) in [5.74, 6) is 0. The first-order valence-corrected chi connectivity index (χ1v) is 3.17. The lowest BCUT2D eigenvalue weighted by molar-refractivity contribution is 0.170. The van der Waals surface area contributed by atoms with E-state index in [0.29, 0.717) is 6.04 Å². The summed E-state index contributed by atoms with van der Waals surface area (Å²) in [6.45, 7) is 4.72. The number of ether oxygens (including phenoxy) is 1. The molecule has 0 heterocycles. The predicted octanol–water partition coefficient (Wildman–Crippen LogP) is 0.787. The average Bonchev–Trinajstić information content (AvgIpc) is 1.82. The zero-order valence-corrected chi connectivity index (χ0v) is 6.55. The summed E-state index contributed by atoms with van der Waals surface area (Å²) < 4.78 is 4.90. The van der Waals surface area contributed by atoms with Gasteiger partial charge in [0.15, 0.2) is 0 Å². The summed E-state index contributed by atoms with van der Waals surface area (Å²) in [5, 5.41) is 0. The van der Waals surface area contributed by atoms with Crippen molar-refractivity contribution in [2.24, 2.45) is 0 Å². The molecule has 0 saturated carbocycles. The third-order valence-corrected chi connectivity index (χ3v) is 1.39. The zero-order chi connectivity index (χ0) is 7.28. The van der Waals surface area contributed by atoms with Gasteiger partial charge in [-0.05, 0) is 27.4 Å². The van der Waals surface area contributed by atoms with Crippen LogP contribution < -0.4 is 0 Å². The monoisotopic (exact) mass is 130 g/mol. The molecule has 0 aromatic carbocycles. The molecule has 0 aliphatic heterocycles. The van der Waals surface area contributed by atoms with Crippen LogP contribution in [0.5, 0.6) is 0 Å². The predicted molar refractivity (Wildman–Crippen MR) is 39.3 cm³/mol. The maximum absolute atomic E-state index is 4.90. The molecule has 1 atom stereocenters. The highest BCUT2D eigenvalue weighted by Gasteiger charge is 2.01. The normalized spacial score (nSPS) is 14.3. The van der Waals surface area contributed by atoms with Crippen molar-refractivity contribution in [1.82, 2.24) is 4.90 Å². The van der Waals surface area contributed by atoms with E-state index >= 15 is 0 Å².